The highest BCUT2D eigenvalue weighted by Gasteiger charge is 2.36. The first-order chi connectivity index (χ1) is 7.72. The van der Waals surface area contributed by atoms with Crippen LogP contribution < -0.4 is 0 Å². The average molecular weight is 277 g/mol. The summed E-state index contributed by atoms with van der Waals surface area (Å²) in [6.45, 7) is 4.57. The molecule has 1 fully saturated rings. The second-order valence-electron chi connectivity index (χ2n) is 4.74. The van der Waals surface area contributed by atoms with Gasteiger partial charge in [-0.2, -0.15) is 0 Å². The van der Waals surface area contributed by atoms with Crippen LogP contribution in [0.3, 0.4) is 0 Å². The van der Waals surface area contributed by atoms with Gasteiger partial charge in [0.15, 0.2) is 0 Å². The number of thioether (sulfide) groups is 2. The SMILES string of the molecule is CCCCCCC1(CCCC)CSC(=S)S1. The van der Waals surface area contributed by atoms with Gasteiger partial charge in [-0.15, -0.1) is 23.5 Å². The largest absolute Gasteiger partial charge is 0.106 e. The Hall–Kier alpha value is 0.790. The lowest BCUT2D eigenvalue weighted by Gasteiger charge is -2.26. The fourth-order valence-electron chi connectivity index (χ4n) is 2.17. The molecule has 0 amide bonds. The summed E-state index contributed by atoms with van der Waals surface area (Å²) in [4.78, 5) is 0. The van der Waals surface area contributed by atoms with Gasteiger partial charge in [-0.05, 0) is 12.8 Å². The molecule has 0 saturated carbocycles. The third-order valence-corrected chi connectivity index (χ3v) is 6.70. The van der Waals surface area contributed by atoms with Crippen LogP contribution in [0.1, 0.15) is 65.2 Å². The van der Waals surface area contributed by atoms with Crippen LogP contribution in [0.15, 0.2) is 0 Å². The van der Waals surface area contributed by atoms with Crippen LogP contribution in [0.2, 0.25) is 0 Å². The molecule has 0 radical (unpaired) electrons. The molecule has 1 unspecified atom stereocenters. The molecule has 1 saturated heterocycles. The van der Waals surface area contributed by atoms with Gasteiger partial charge in [-0.25, -0.2) is 0 Å². The zero-order valence-electron chi connectivity index (χ0n) is 10.6. The summed E-state index contributed by atoms with van der Waals surface area (Å²) in [5.41, 5.74) is 0. The number of rotatable bonds is 8. The van der Waals surface area contributed by atoms with Gasteiger partial charge in [0.2, 0.25) is 0 Å². The number of unbranched alkanes of at least 4 members (excludes halogenated alkanes) is 4. The van der Waals surface area contributed by atoms with Crippen molar-refractivity contribution in [3.63, 3.8) is 0 Å². The summed E-state index contributed by atoms with van der Waals surface area (Å²) in [5, 5.41) is 0. The molecule has 16 heavy (non-hydrogen) atoms. The van der Waals surface area contributed by atoms with E-state index in [1.807, 2.05) is 23.5 Å². The molecular formula is C13H24S3. The van der Waals surface area contributed by atoms with Crippen molar-refractivity contribution in [2.24, 2.45) is 0 Å². The minimum atomic E-state index is 0.505. The molecule has 0 aromatic heterocycles. The molecule has 3 heteroatoms. The molecule has 94 valence electrons. The number of thiocarbonyl (C=S) groups is 1. The van der Waals surface area contributed by atoms with Crippen LogP contribution in [-0.4, -0.2) is 14.0 Å². The molecule has 1 rings (SSSR count). The quantitative estimate of drug-likeness (QED) is 0.415. The molecule has 1 heterocycles. The van der Waals surface area contributed by atoms with E-state index in [9.17, 15) is 0 Å². The fourth-order valence-corrected chi connectivity index (χ4v) is 5.75. The Balaban J connectivity index is 2.35. The molecular weight excluding hydrogens is 252 g/mol. The van der Waals surface area contributed by atoms with Gasteiger partial charge >= 0.3 is 0 Å². The normalized spacial score (nSPS) is 25.2. The summed E-state index contributed by atoms with van der Waals surface area (Å²) in [7, 11) is 0. The smallest absolute Gasteiger partial charge is 0.104 e. The van der Waals surface area contributed by atoms with Crippen LogP contribution in [0, 0.1) is 0 Å². The van der Waals surface area contributed by atoms with Crippen molar-refractivity contribution in [3.8, 4) is 0 Å². The van der Waals surface area contributed by atoms with E-state index in [-0.39, 0.29) is 0 Å². The first kappa shape index (κ1) is 14.8. The van der Waals surface area contributed by atoms with Crippen LogP contribution in [-0.2, 0) is 0 Å². The Morgan fingerprint density at radius 1 is 1.06 bits per heavy atom. The van der Waals surface area contributed by atoms with E-state index < -0.39 is 0 Å². The third kappa shape index (κ3) is 4.97. The Bertz CT molecular complexity index is 215. The van der Waals surface area contributed by atoms with E-state index in [2.05, 4.69) is 13.8 Å². The van der Waals surface area contributed by atoms with Crippen LogP contribution >= 0.6 is 35.7 Å². The van der Waals surface area contributed by atoms with E-state index in [0.29, 0.717) is 4.75 Å². The lowest BCUT2D eigenvalue weighted by Crippen LogP contribution is -2.24. The maximum Gasteiger partial charge on any atom is 0.104 e. The highest BCUT2D eigenvalue weighted by Crippen LogP contribution is 2.48. The Kier molecular flexibility index (Phi) is 7.42. The molecule has 0 aromatic carbocycles. The Morgan fingerprint density at radius 2 is 1.75 bits per heavy atom. The second-order valence-corrected chi connectivity index (χ2v) is 8.39. The lowest BCUT2D eigenvalue weighted by atomic mass is 9.96. The van der Waals surface area contributed by atoms with Gasteiger partial charge in [-0.1, -0.05) is 64.6 Å². The van der Waals surface area contributed by atoms with Crippen molar-refractivity contribution < 1.29 is 0 Å². The highest BCUT2D eigenvalue weighted by atomic mass is 32.2. The Labute approximate surface area is 115 Å². The standard InChI is InChI=1S/C13H24S3/c1-3-5-7-8-10-13(9-6-4-2)11-15-12(14)16-13/h3-11H2,1-2H3. The van der Waals surface area contributed by atoms with E-state index in [0.717, 1.165) is 0 Å². The first-order valence-corrected chi connectivity index (χ1v) is 8.79. The van der Waals surface area contributed by atoms with Gasteiger partial charge in [0.1, 0.15) is 3.53 Å². The molecule has 0 nitrogen and oxygen atoms in total. The summed E-state index contributed by atoms with van der Waals surface area (Å²) in [5.74, 6) is 1.27. The molecule has 1 atom stereocenters. The van der Waals surface area contributed by atoms with Crippen molar-refractivity contribution in [2.45, 2.75) is 70.0 Å². The zero-order valence-corrected chi connectivity index (χ0v) is 13.0. The minimum Gasteiger partial charge on any atom is -0.106 e. The fraction of sp³-hybridized carbons (Fsp3) is 0.923. The first-order valence-electron chi connectivity index (χ1n) is 6.58. The van der Waals surface area contributed by atoms with E-state index in [1.165, 1.54) is 60.6 Å². The second kappa shape index (κ2) is 7.99. The highest BCUT2D eigenvalue weighted by molar-refractivity contribution is 8.49. The molecule has 0 aliphatic carbocycles. The lowest BCUT2D eigenvalue weighted by molar-refractivity contribution is 0.493. The molecule has 0 bridgehead atoms. The average Bonchev–Trinajstić information content (AvgIpc) is 2.65. The molecule has 0 aromatic rings. The minimum absolute atomic E-state index is 0.505. The maximum atomic E-state index is 5.35. The maximum absolute atomic E-state index is 5.35. The van der Waals surface area contributed by atoms with E-state index in [4.69, 9.17) is 12.2 Å². The van der Waals surface area contributed by atoms with E-state index in [1.54, 1.807) is 0 Å². The monoisotopic (exact) mass is 276 g/mol. The van der Waals surface area contributed by atoms with Gasteiger partial charge in [-0.3, -0.25) is 0 Å². The third-order valence-electron chi connectivity index (χ3n) is 3.22. The van der Waals surface area contributed by atoms with Crippen molar-refractivity contribution >= 4 is 39.3 Å². The van der Waals surface area contributed by atoms with Gasteiger partial charge in [0.05, 0.1) is 0 Å². The van der Waals surface area contributed by atoms with Crippen molar-refractivity contribution in [2.75, 3.05) is 5.75 Å². The summed E-state index contributed by atoms with van der Waals surface area (Å²) < 4.78 is 1.69. The van der Waals surface area contributed by atoms with Crippen molar-refractivity contribution in [1.29, 1.82) is 0 Å². The van der Waals surface area contributed by atoms with E-state index >= 15 is 0 Å². The van der Waals surface area contributed by atoms with Crippen LogP contribution in [0.25, 0.3) is 0 Å². The van der Waals surface area contributed by atoms with Gasteiger partial charge in [0.25, 0.3) is 0 Å². The summed E-state index contributed by atoms with van der Waals surface area (Å²) in [6.07, 6.45) is 11.0. The van der Waals surface area contributed by atoms with Crippen LogP contribution in [0.4, 0.5) is 0 Å². The van der Waals surface area contributed by atoms with Crippen molar-refractivity contribution in [3.05, 3.63) is 0 Å². The van der Waals surface area contributed by atoms with Gasteiger partial charge < -0.3 is 0 Å². The van der Waals surface area contributed by atoms with Crippen molar-refractivity contribution in [1.82, 2.24) is 0 Å². The Morgan fingerprint density at radius 3 is 2.31 bits per heavy atom. The summed E-state index contributed by atoms with van der Waals surface area (Å²) in [6, 6.07) is 0. The molecule has 0 N–H and O–H groups in total. The van der Waals surface area contributed by atoms with Crippen LogP contribution in [0.5, 0.6) is 0 Å². The predicted molar refractivity (Wildman–Crippen MR) is 83.7 cm³/mol. The topological polar surface area (TPSA) is 0 Å². The molecule has 1 aliphatic rings. The summed E-state index contributed by atoms with van der Waals surface area (Å²) >= 11 is 9.26. The predicted octanol–water partition coefficient (Wildman–Crippen LogP) is 5.65. The number of hydrogen-bond donors (Lipinski definition) is 0. The molecule has 0 spiro atoms. The van der Waals surface area contributed by atoms with Gasteiger partial charge in [0, 0.05) is 10.5 Å². The number of hydrogen-bond acceptors (Lipinski definition) is 3. The molecule has 1 aliphatic heterocycles. The zero-order chi connectivity index (χ0) is 11.9.